The van der Waals surface area contributed by atoms with Crippen molar-refractivity contribution in [3.8, 4) is 0 Å². The molecule has 2 N–H and O–H groups in total. The number of amides is 1. The van der Waals surface area contributed by atoms with Gasteiger partial charge in [0.2, 0.25) is 5.91 Å². The van der Waals surface area contributed by atoms with E-state index in [1.165, 1.54) is 12.1 Å². The van der Waals surface area contributed by atoms with E-state index in [0.717, 1.165) is 37.9 Å². The van der Waals surface area contributed by atoms with Crippen molar-refractivity contribution in [1.29, 1.82) is 0 Å². The molecule has 0 atom stereocenters. The summed E-state index contributed by atoms with van der Waals surface area (Å²) in [5.74, 6) is 0.0537. The lowest BCUT2D eigenvalue weighted by Crippen LogP contribution is -2.47. The van der Waals surface area contributed by atoms with Gasteiger partial charge in [0.25, 0.3) is 5.69 Å². The zero-order chi connectivity index (χ0) is 15.3. The highest BCUT2D eigenvalue weighted by molar-refractivity contribution is 5.82. The summed E-state index contributed by atoms with van der Waals surface area (Å²) in [6.07, 6.45) is 2.49. The number of rotatable bonds is 5. The van der Waals surface area contributed by atoms with Gasteiger partial charge in [-0.2, -0.15) is 0 Å². The molecule has 1 saturated heterocycles. The molecular formula is C15H21N3O3. The summed E-state index contributed by atoms with van der Waals surface area (Å²) in [4.78, 5) is 22.8. The summed E-state index contributed by atoms with van der Waals surface area (Å²) in [5, 5.41) is 17.0. The Hall–Kier alpha value is -1.95. The van der Waals surface area contributed by atoms with E-state index >= 15 is 0 Å². The van der Waals surface area contributed by atoms with Gasteiger partial charge in [0, 0.05) is 18.7 Å². The molecule has 1 aliphatic heterocycles. The van der Waals surface area contributed by atoms with E-state index in [2.05, 4.69) is 10.6 Å². The SMILES string of the molecule is CCC1(C(=O)NCc2cccc([N+](=O)[O-])c2)CCNCC1. The highest BCUT2D eigenvalue weighted by Crippen LogP contribution is 2.32. The lowest BCUT2D eigenvalue weighted by Gasteiger charge is -2.35. The first-order valence-corrected chi connectivity index (χ1v) is 7.30. The molecule has 1 amide bonds. The average molecular weight is 291 g/mol. The van der Waals surface area contributed by atoms with Crippen LogP contribution in [0.25, 0.3) is 0 Å². The molecule has 0 unspecified atom stereocenters. The molecule has 0 saturated carbocycles. The number of non-ortho nitro benzene ring substituents is 1. The van der Waals surface area contributed by atoms with Crippen LogP contribution in [0.15, 0.2) is 24.3 Å². The highest BCUT2D eigenvalue weighted by atomic mass is 16.6. The maximum absolute atomic E-state index is 12.5. The Morgan fingerprint density at radius 1 is 1.43 bits per heavy atom. The third-order valence-electron chi connectivity index (χ3n) is 4.29. The van der Waals surface area contributed by atoms with E-state index in [1.54, 1.807) is 12.1 Å². The molecule has 114 valence electrons. The van der Waals surface area contributed by atoms with Crippen molar-refractivity contribution in [2.24, 2.45) is 5.41 Å². The van der Waals surface area contributed by atoms with Gasteiger partial charge in [0.1, 0.15) is 0 Å². The fraction of sp³-hybridized carbons (Fsp3) is 0.533. The van der Waals surface area contributed by atoms with Crippen molar-refractivity contribution in [3.63, 3.8) is 0 Å². The minimum atomic E-state index is -0.425. The number of nitrogens with zero attached hydrogens (tertiary/aromatic N) is 1. The number of hydrogen-bond acceptors (Lipinski definition) is 4. The monoisotopic (exact) mass is 291 g/mol. The zero-order valence-electron chi connectivity index (χ0n) is 12.2. The molecular weight excluding hydrogens is 270 g/mol. The van der Waals surface area contributed by atoms with Gasteiger partial charge in [0.15, 0.2) is 0 Å². The van der Waals surface area contributed by atoms with Crippen molar-refractivity contribution in [2.45, 2.75) is 32.7 Å². The summed E-state index contributed by atoms with van der Waals surface area (Å²) in [6, 6.07) is 6.38. The smallest absolute Gasteiger partial charge is 0.269 e. The summed E-state index contributed by atoms with van der Waals surface area (Å²) in [5.41, 5.74) is 0.498. The molecule has 0 aromatic heterocycles. The molecule has 2 rings (SSSR count). The molecule has 0 spiro atoms. The van der Waals surface area contributed by atoms with Crippen LogP contribution in [0.3, 0.4) is 0 Å². The Morgan fingerprint density at radius 3 is 2.76 bits per heavy atom. The third-order valence-corrected chi connectivity index (χ3v) is 4.29. The van der Waals surface area contributed by atoms with Gasteiger partial charge in [0.05, 0.1) is 10.3 Å². The van der Waals surface area contributed by atoms with Crippen molar-refractivity contribution in [1.82, 2.24) is 10.6 Å². The maximum atomic E-state index is 12.5. The van der Waals surface area contributed by atoms with Crippen LogP contribution in [0.1, 0.15) is 31.7 Å². The Labute approximate surface area is 124 Å². The zero-order valence-corrected chi connectivity index (χ0v) is 12.2. The van der Waals surface area contributed by atoms with E-state index in [0.29, 0.717) is 6.54 Å². The number of hydrogen-bond donors (Lipinski definition) is 2. The number of nitrogens with one attached hydrogen (secondary N) is 2. The summed E-state index contributed by atoms with van der Waals surface area (Å²) < 4.78 is 0. The number of piperidine rings is 1. The predicted molar refractivity (Wildman–Crippen MR) is 79.8 cm³/mol. The first kappa shape index (κ1) is 15.4. The van der Waals surface area contributed by atoms with Gasteiger partial charge in [-0.25, -0.2) is 0 Å². The van der Waals surface area contributed by atoms with Gasteiger partial charge in [-0.3, -0.25) is 14.9 Å². The Kier molecular flexibility index (Phi) is 4.90. The number of benzene rings is 1. The summed E-state index contributed by atoms with van der Waals surface area (Å²) in [7, 11) is 0. The van der Waals surface area contributed by atoms with Crippen molar-refractivity contribution < 1.29 is 9.72 Å². The Balaban J connectivity index is 2.00. The molecule has 6 heteroatoms. The van der Waals surface area contributed by atoms with E-state index in [-0.39, 0.29) is 17.0 Å². The van der Waals surface area contributed by atoms with Crippen LogP contribution in [0.4, 0.5) is 5.69 Å². The van der Waals surface area contributed by atoms with Crippen molar-refractivity contribution >= 4 is 11.6 Å². The van der Waals surface area contributed by atoms with Crippen LogP contribution in [-0.4, -0.2) is 23.9 Å². The lowest BCUT2D eigenvalue weighted by atomic mass is 9.76. The van der Waals surface area contributed by atoms with Gasteiger partial charge < -0.3 is 10.6 Å². The lowest BCUT2D eigenvalue weighted by molar-refractivity contribution is -0.384. The molecule has 1 heterocycles. The molecule has 21 heavy (non-hydrogen) atoms. The molecule has 1 fully saturated rings. The number of carbonyl (C=O) groups excluding carboxylic acids is 1. The molecule has 1 aliphatic rings. The standard InChI is InChI=1S/C15H21N3O3/c1-2-15(6-8-16-9-7-15)14(19)17-11-12-4-3-5-13(10-12)18(20)21/h3-5,10,16H,2,6-9,11H2,1H3,(H,17,19). The maximum Gasteiger partial charge on any atom is 0.269 e. The normalized spacial score (nSPS) is 17.2. The minimum absolute atomic E-state index is 0.0498. The van der Waals surface area contributed by atoms with Crippen molar-refractivity contribution in [2.75, 3.05) is 13.1 Å². The molecule has 0 aliphatic carbocycles. The van der Waals surface area contributed by atoms with E-state index in [1.807, 2.05) is 6.92 Å². The molecule has 6 nitrogen and oxygen atoms in total. The van der Waals surface area contributed by atoms with Crippen LogP contribution in [0.5, 0.6) is 0 Å². The summed E-state index contributed by atoms with van der Waals surface area (Å²) in [6.45, 7) is 4.09. The number of nitro groups is 1. The molecule has 1 aromatic carbocycles. The van der Waals surface area contributed by atoms with Crippen LogP contribution in [0.2, 0.25) is 0 Å². The van der Waals surface area contributed by atoms with Crippen LogP contribution in [0, 0.1) is 15.5 Å². The molecule has 1 aromatic rings. The van der Waals surface area contributed by atoms with Gasteiger partial charge >= 0.3 is 0 Å². The number of nitro benzene ring substituents is 1. The second-order valence-electron chi connectivity index (χ2n) is 5.49. The van der Waals surface area contributed by atoms with E-state index in [9.17, 15) is 14.9 Å². The second-order valence-corrected chi connectivity index (χ2v) is 5.49. The number of carbonyl (C=O) groups is 1. The quantitative estimate of drug-likeness (QED) is 0.642. The summed E-state index contributed by atoms with van der Waals surface area (Å²) >= 11 is 0. The largest absolute Gasteiger partial charge is 0.352 e. The average Bonchev–Trinajstić information content (AvgIpc) is 2.53. The second kappa shape index (κ2) is 6.67. The Morgan fingerprint density at radius 2 is 2.14 bits per heavy atom. The Bertz CT molecular complexity index is 525. The first-order valence-electron chi connectivity index (χ1n) is 7.30. The van der Waals surface area contributed by atoms with Gasteiger partial charge in [-0.15, -0.1) is 0 Å². The van der Waals surface area contributed by atoms with Crippen LogP contribution < -0.4 is 10.6 Å². The fourth-order valence-corrected chi connectivity index (χ4v) is 2.80. The van der Waals surface area contributed by atoms with E-state index < -0.39 is 4.92 Å². The minimum Gasteiger partial charge on any atom is -0.352 e. The van der Waals surface area contributed by atoms with Gasteiger partial charge in [-0.05, 0) is 37.9 Å². The molecule has 0 radical (unpaired) electrons. The van der Waals surface area contributed by atoms with Crippen LogP contribution in [-0.2, 0) is 11.3 Å². The topological polar surface area (TPSA) is 84.3 Å². The van der Waals surface area contributed by atoms with Gasteiger partial charge in [-0.1, -0.05) is 19.1 Å². The van der Waals surface area contributed by atoms with E-state index in [4.69, 9.17) is 0 Å². The fourth-order valence-electron chi connectivity index (χ4n) is 2.80. The first-order chi connectivity index (χ1) is 10.1. The third kappa shape index (κ3) is 3.58. The van der Waals surface area contributed by atoms with Crippen LogP contribution >= 0.6 is 0 Å². The van der Waals surface area contributed by atoms with Crippen molar-refractivity contribution in [3.05, 3.63) is 39.9 Å². The predicted octanol–water partition coefficient (Wildman–Crippen LogP) is 1.99. The molecule has 0 bridgehead atoms. The highest BCUT2D eigenvalue weighted by Gasteiger charge is 2.37.